The van der Waals surface area contributed by atoms with Gasteiger partial charge in [0.15, 0.2) is 0 Å². The van der Waals surface area contributed by atoms with Crippen molar-refractivity contribution in [1.82, 2.24) is 35.6 Å². The number of benzene rings is 4. The molecule has 0 unspecified atom stereocenters. The molecule has 13 nitrogen and oxygen atoms in total. The van der Waals surface area contributed by atoms with Gasteiger partial charge in [-0.05, 0) is 102 Å². The summed E-state index contributed by atoms with van der Waals surface area (Å²) in [6.07, 6.45) is 9.90. The Kier molecular flexibility index (Phi) is 21.5. The van der Waals surface area contributed by atoms with Crippen LogP contribution in [0.4, 0.5) is 0 Å². The molecule has 76 heavy (non-hydrogen) atoms. The Morgan fingerprint density at radius 3 is 1.37 bits per heavy atom. The maximum Gasteiger partial charge on any atom is 0.246 e. The van der Waals surface area contributed by atoms with Gasteiger partial charge in [-0.15, -0.1) is 0 Å². The summed E-state index contributed by atoms with van der Waals surface area (Å²) < 4.78 is 0. The molecule has 0 aromatic heterocycles. The van der Waals surface area contributed by atoms with Gasteiger partial charge >= 0.3 is 0 Å². The second-order valence-electron chi connectivity index (χ2n) is 24.0. The number of carbonyl (C=O) groups excluding carboxylic acids is 6. The molecule has 0 radical (unpaired) electrons. The van der Waals surface area contributed by atoms with Gasteiger partial charge in [0.05, 0.1) is 6.04 Å². The third kappa shape index (κ3) is 15.9. The Morgan fingerprint density at radius 1 is 0.566 bits per heavy atom. The van der Waals surface area contributed by atoms with Crippen molar-refractivity contribution in [1.29, 1.82) is 0 Å². The molecule has 6 rings (SSSR count). The summed E-state index contributed by atoms with van der Waals surface area (Å²) in [5, 5.41) is 13.6. The van der Waals surface area contributed by atoms with Crippen molar-refractivity contribution in [3.63, 3.8) is 0 Å². The van der Waals surface area contributed by atoms with Crippen LogP contribution in [0.25, 0.3) is 21.5 Å². The van der Waals surface area contributed by atoms with Gasteiger partial charge in [-0.1, -0.05) is 166 Å². The summed E-state index contributed by atoms with van der Waals surface area (Å²) in [5.41, 5.74) is 1.13. The number of hydrogen-bond acceptors (Lipinski definition) is 7. The standard InChI is InChI=1S/C63H91N7O6/c1-11-44(2)58(73)65-56(62(4,5)6)60(75)69-38-24-32-50(69)42-67(40-48-30-22-28-46-26-18-20-34-52(46)48)54(71)36-16-14-12-13-15-17-37-55(72)68(41-49-31-23-29-47-27-19-21-35-53(47)49)43-51-33-25-39-70(51)61(76)57(63(7,8)9)66-59(74)45(3)64-10/h18-23,26-31,34-35,44-45,50-51,56-57,64H,11-17,24-25,32-33,36-43H2,1-10H3,(H,65,73)(H,66,74)/t44-,45+,50+,51+,56-,57-/m1/s1. The molecule has 4 aromatic carbocycles. The molecule has 2 aliphatic rings. The highest BCUT2D eigenvalue weighted by molar-refractivity contribution is 5.92. The van der Waals surface area contributed by atoms with Gasteiger partial charge in [0.2, 0.25) is 35.4 Å². The number of carbonyl (C=O) groups is 6. The van der Waals surface area contributed by atoms with Gasteiger partial charge in [-0.25, -0.2) is 0 Å². The maximum atomic E-state index is 14.4. The van der Waals surface area contributed by atoms with E-state index in [-0.39, 0.29) is 53.4 Å². The highest BCUT2D eigenvalue weighted by Gasteiger charge is 2.42. The average molecular weight is 1040 g/mol. The van der Waals surface area contributed by atoms with Crippen LogP contribution in [-0.2, 0) is 41.9 Å². The zero-order chi connectivity index (χ0) is 55.2. The number of nitrogens with one attached hydrogen (secondary N) is 3. The predicted octanol–water partition coefficient (Wildman–Crippen LogP) is 10.2. The second-order valence-corrected chi connectivity index (χ2v) is 24.0. The number of amides is 6. The van der Waals surface area contributed by atoms with Crippen molar-refractivity contribution in [3.05, 3.63) is 96.1 Å². The van der Waals surface area contributed by atoms with Crippen LogP contribution < -0.4 is 16.0 Å². The molecule has 6 atom stereocenters. The molecule has 2 saturated heterocycles. The van der Waals surface area contributed by atoms with Crippen molar-refractivity contribution in [3.8, 4) is 0 Å². The van der Waals surface area contributed by atoms with E-state index in [1.54, 1.807) is 14.0 Å². The summed E-state index contributed by atoms with van der Waals surface area (Å²) >= 11 is 0. The molecule has 0 bridgehead atoms. The smallest absolute Gasteiger partial charge is 0.246 e. The zero-order valence-electron chi connectivity index (χ0n) is 47.7. The SMILES string of the molecule is CC[C@@H](C)C(=O)N[C@H](C(=O)N1CCC[C@H]1CN(Cc1cccc2ccccc12)C(=O)CCCCCCCCC(=O)N(Cc1cccc2ccccc12)C[C@@H]1CCCN1C(=O)[C@@H](NC(=O)[C@H](C)NC)C(C)(C)C)C(C)(C)C. The van der Waals surface area contributed by atoms with E-state index in [2.05, 4.69) is 64.5 Å². The van der Waals surface area contributed by atoms with Gasteiger partial charge in [-0.3, -0.25) is 28.8 Å². The molecule has 2 heterocycles. The van der Waals surface area contributed by atoms with Crippen LogP contribution in [-0.4, -0.2) is 118 Å². The summed E-state index contributed by atoms with van der Waals surface area (Å²) in [4.78, 5) is 91.5. The van der Waals surface area contributed by atoms with E-state index in [0.29, 0.717) is 58.5 Å². The lowest BCUT2D eigenvalue weighted by Gasteiger charge is -2.37. The molecule has 0 aliphatic carbocycles. The molecular formula is C63H91N7O6. The van der Waals surface area contributed by atoms with Gasteiger partial charge in [-0.2, -0.15) is 0 Å². The highest BCUT2D eigenvalue weighted by atomic mass is 16.2. The van der Waals surface area contributed by atoms with Gasteiger partial charge in [0.1, 0.15) is 12.1 Å². The number of unbranched alkanes of at least 4 members (excludes halogenated alkanes) is 5. The molecule has 0 saturated carbocycles. The minimum atomic E-state index is -0.714. The summed E-state index contributed by atoms with van der Waals surface area (Å²) in [6, 6.07) is 26.8. The number of likely N-dealkylation sites (tertiary alicyclic amines) is 2. The Labute approximate surface area is 454 Å². The molecule has 4 aromatic rings. The fourth-order valence-electron chi connectivity index (χ4n) is 11.0. The van der Waals surface area contributed by atoms with Crippen molar-refractivity contribution in [2.24, 2.45) is 16.7 Å². The second kappa shape index (κ2) is 27.5. The van der Waals surface area contributed by atoms with E-state index < -0.39 is 29.0 Å². The lowest BCUT2D eigenvalue weighted by molar-refractivity contribution is -0.142. The summed E-state index contributed by atoms with van der Waals surface area (Å²) in [5.74, 6) is -0.573. The monoisotopic (exact) mass is 1040 g/mol. The Morgan fingerprint density at radius 2 is 0.961 bits per heavy atom. The van der Waals surface area contributed by atoms with Crippen molar-refractivity contribution >= 4 is 57.0 Å². The van der Waals surface area contributed by atoms with E-state index in [4.69, 9.17) is 0 Å². The van der Waals surface area contributed by atoms with E-state index in [1.165, 1.54) is 0 Å². The van der Waals surface area contributed by atoms with E-state index >= 15 is 0 Å². The van der Waals surface area contributed by atoms with E-state index in [9.17, 15) is 28.8 Å². The maximum absolute atomic E-state index is 14.4. The predicted molar refractivity (Wildman–Crippen MR) is 306 cm³/mol. The first-order valence-corrected chi connectivity index (χ1v) is 28.6. The largest absolute Gasteiger partial charge is 0.344 e. The van der Waals surface area contributed by atoms with Crippen LogP contribution in [0.15, 0.2) is 84.9 Å². The lowest BCUT2D eigenvalue weighted by atomic mass is 9.85. The van der Waals surface area contributed by atoms with Crippen molar-refractivity contribution in [2.75, 3.05) is 33.2 Å². The minimum absolute atomic E-state index is 0.0694. The summed E-state index contributed by atoms with van der Waals surface area (Å²) in [7, 11) is 1.73. The Hall–Kier alpha value is -5.82. The third-order valence-corrected chi connectivity index (χ3v) is 16.1. The topological polar surface area (TPSA) is 151 Å². The number of nitrogens with zero attached hydrogens (tertiary/aromatic N) is 4. The number of fused-ring (bicyclic) bond motifs is 2. The molecule has 0 spiro atoms. The first kappa shape index (κ1) is 59.4. The normalized spacial score (nSPS) is 17.6. The first-order valence-electron chi connectivity index (χ1n) is 28.6. The number of likely N-dealkylation sites (N-methyl/N-ethyl adjacent to an activating group) is 1. The van der Waals surface area contributed by atoms with Crippen LogP contribution in [0.3, 0.4) is 0 Å². The fourth-order valence-corrected chi connectivity index (χ4v) is 11.0. The van der Waals surface area contributed by atoms with Gasteiger partial charge in [0, 0.05) is 70.1 Å². The molecule has 2 aliphatic heterocycles. The molecular weight excluding hydrogens is 951 g/mol. The average Bonchev–Trinajstić information content (AvgIpc) is 4.08. The number of hydrogen-bond donors (Lipinski definition) is 3. The minimum Gasteiger partial charge on any atom is -0.344 e. The van der Waals surface area contributed by atoms with Gasteiger partial charge in [0.25, 0.3) is 0 Å². The quantitative estimate of drug-likeness (QED) is 0.0559. The van der Waals surface area contributed by atoms with Crippen molar-refractivity contribution in [2.45, 2.75) is 189 Å². The van der Waals surface area contributed by atoms with Crippen LogP contribution >= 0.6 is 0 Å². The lowest BCUT2D eigenvalue weighted by Crippen LogP contribution is -2.59. The fraction of sp³-hybridized carbons (Fsp3) is 0.587. The van der Waals surface area contributed by atoms with Crippen LogP contribution in [0, 0.1) is 16.7 Å². The molecule has 414 valence electrons. The number of rotatable bonds is 25. The first-order chi connectivity index (χ1) is 36.2. The Balaban J connectivity index is 1.07. The molecule has 6 amide bonds. The molecule has 2 fully saturated rings. The van der Waals surface area contributed by atoms with Crippen LogP contribution in [0.2, 0.25) is 0 Å². The van der Waals surface area contributed by atoms with E-state index in [0.717, 1.165) is 96.9 Å². The molecule has 13 heteroatoms. The van der Waals surface area contributed by atoms with E-state index in [1.807, 2.05) is 111 Å². The van der Waals surface area contributed by atoms with Crippen molar-refractivity contribution < 1.29 is 28.8 Å². The Bertz CT molecular complexity index is 2410. The van der Waals surface area contributed by atoms with Gasteiger partial charge < -0.3 is 35.6 Å². The molecule has 3 N–H and O–H groups in total. The zero-order valence-corrected chi connectivity index (χ0v) is 47.7. The van der Waals surface area contributed by atoms with Crippen LogP contribution in [0.5, 0.6) is 0 Å². The summed E-state index contributed by atoms with van der Waals surface area (Å²) in [6.45, 7) is 20.4. The third-order valence-electron chi connectivity index (χ3n) is 16.1. The van der Waals surface area contributed by atoms with Crippen LogP contribution in [0.1, 0.15) is 157 Å². The highest BCUT2D eigenvalue weighted by Crippen LogP contribution is 2.31.